The minimum absolute atomic E-state index is 0.0903. The van der Waals surface area contributed by atoms with Crippen molar-refractivity contribution in [1.29, 1.82) is 0 Å². The Kier molecular flexibility index (Phi) is 6.68. The van der Waals surface area contributed by atoms with E-state index in [1.165, 1.54) is 0 Å². The molecule has 2 aliphatic carbocycles. The molecule has 0 amide bonds. The lowest BCUT2D eigenvalue weighted by Gasteiger charge is -2.36. The Morgan fingerprint density at radius 3 is 2.67 bits per heavy atom. The molecule has 10 heteroatoms. The van der Waals surface area contributed by atoms with Crippen molar-refractivity contribution in [3.05, 3.63) is 63.8 Å². The first-order valence-electron chi connectivity index (χ1n) is 12.1. The van der Waals surface area contributed by atoms with Gasteiger partial charge in [0.2, 0.25) is 0 Å². The van der Waals surface area contributed by atoms with Crippen molar-refractivity contribution >= 4 is 34.0 Å². The maximum atomic E-state index is 13.2. The second-order valence-electron chi connectivity index (χ2n) is 9.69. The van der Waals surface area contributed by atoms with E-state index in [2.05, 4.69) is 20.0 Å². The summed E-state index contributed by atoms with van der Waals surface area (Å²) in [6.07, 6.45) is 4.90. The quantitative estimate of drug-likeness (QED) is 0.250. The molecule has 0 aromatic carbocycles. The van der Waals surface area contributed by atoms with Crippen LogP contribution in [0.4, 0.5) is 14.5 Å². The van der Waals surface area contributed by atoms with Crippen molar-refractivity contribution < 1.29 is 13.6 Å². The van der Waals surface area contributed by atoms with Crippen LogP contribution in [0.25, 0.3) is 11.0 Å². The molecular formula is C26H28ClF2N5O2. The predicted octanol–water partition coefficient (Wildman–Crippen LogP) is 5.05. The molecule has 0 bridgehead atoms. The first-order chi connectivity index (χ1) is 17.2. The summed E-state index contributed by atoms with van der Waals surface area (Å²) in [5.74, 6) is -3.30. The number of hydrogen-bond donors (Lipinski definition) is 0. The Labute approximate surface area is 212 Å². The molecule has 190 valence electrons. The zero-order valence-electron chi connectivity index (χ0n) is 20.2. The standard InChI is InChI=1S/C26H28ClF2N5O2/c1-33(21-13-23(35)34(2)20-10-11-22(27)31-25(20)21)18-8-6-16(7-9-18)24(19-5-3-4-12-30-19)32-36-15-17-14-26(17,28)29/h3-5,10-13,16-18H,6-9,14-15H2,1-2H3/b32-24+/t16?,17-,18?/m1/s1. The zero-order valence-corrected chi connectivity index (χ0v) is 21.0. The molecule has 3 aromatic heterocycles. The van der Waals surface area contributed by atoms with E-state index < -0.39 is 11.8 Å². The average Bonchev–Trinajstić information content (AvgIpc) is 3.50. The van der Waals surface area contributed by atoms with Crippen LogP contribution in [0.1, 0.15) is 37.8 Å². The molecule has 2 saturated carbocycles. The molecule has 2 aliphatic rings. The Balaban J connectivity index is 1.33. The molecule has 36 heavy (non-hydrogen) atoms. The van der Waals surface area contributed by atoms with E-state index in [-0.39, 0.29) is 30.5 Å². The highest BCUT2D eigenvalue weighted by Gasteiger charge is 2.57. The number of anilines is 1. The number of nitrogens with zero attached hydrogens (tertiary/aromatic N) is 5. The third-order valence-corrected chi connectivity index (χ3v) is 7.58. The second-order valence-corrected chi connectivity index (χ2v) is 10.1. The first-order valence-corrected chi connectivity index (χ1v) is 12.5. The SMILES string of the molecule is CN(c1cc(=O)n(C)c2ccc(Cl)nc12)C1CCC(/C(=N\OC[C@H]2CC2(F)F)c2ccccn2)CC1. The fraction of sp³-hybridized carbons (Fsp3) is 0.462. The van der Waals surface area contributed by atoms with E-state index >= 15 is 0 Å². The summed E-state index contributed by atoms with van der Waals surface area (Å²) < 4.78 is 28.1. The molecule has 0 unspecified atom stereocenters. The number of halogens is 3. The normalized spacial score (nSPS) is 23.5. The van der Waals surface area contributed by atoms with Crippen LogP contribution in [0.2, 0.25) is 5.15 Å². The van der Waals surface area contributed by atoms with Crippen LogP contribution in [0.3, 0.4) is 0 Å². The van der Waals surface area contributed by atoms with E-state index in [4.69, 9.17) is 16.4 Å². The molecule has 3 aromatic rings. The lowest BCUT2D eigenvalue weighted by Crippen LogP contribution is -2.38. The molecule has 0 saturated heterocycles. The van der Waals surface area contributed by atoms with Gasteiger partial charge in [0.25, 0.3) is 11.5 Å². The van der Waals surface area contributed by atoms with Gasteiger partial charge in [-0.25, -0.2) is 13.8 Å². The second kappa shape index (κ2) is 9.76. The molecule has 2 fully saturated rings. The zero-order chi connectivity index (χ0) is 25.4. The van der Waals surface area contributed by atoms with Gasteiger partial charge in [0.05, 0.1) is 22.8 Å². The fourth-order valence-electron chi connectivity index (χ4n) is 4.98. The van der Waals surface area contributed by atoms with E-state index in [1.54, 1.807) is 29.9 Å². The van der Waals surface area contributed by atoms with Crippen molar-refractivity contribution in [2.75, 3.05) is 18.6 Å². The van der Waals surface area contributed by atoms with Gasteiger partial charge in [-0.3, -0.25) is 9.78 Å². The largest absolute Gasteiger partial charge is 0.395 e. The molecular weight excluding hydrogens is 488 g/mol. The number of alkyl halides is 2. The minimum Gasteiger partial charge on any atom is -0.395 e. The molecule has 0 spiro atoms. The first kappa shape index (κ1) is 24.6. The summed E-state index contributed by atoms with van der Waals surface area (Å²) in [6.45, 7) is -0.0903. The average molecular weight is 516 g/mol. The summed E-state index contributed by atoms with van der Waals surface area (Å²) in [5.41, 5.74) is 3.47. The van der Waals surface area contributed by atoms with E-state index in [0.29, 0.717) is 22.1 Å². The van der Waals surface area contributed by atoms with Gasteiger partial charge in [-0.2, -0.15) is 0 Å². The number of hydrogen-bond acceptors (Lipinski definition) is 6. The van der Waals surface area contributed by atoms with Crippen LogP contribution in [-0.4, -0.2) is 45.9 Å². The van der Waals surface area contributed by atoms with Gasteiger partial charge in [-0.15, -0.1) is 0 Å². The summed E-state index contributed by atoms with van der Waals surface area (Å²) in [4.78, 5) is 29.1. The van der Waals surface area contributed by atoms with Crippen LogP contribution < -0.4 is 10.5 Å². The van der Waals surface area contributed by atoms with E-state index in [0.717, 1.165) is 36.9 Å². The van der Waals surface area contributed by atoms with Crippen LogP contribution in [0.5, 0.6) is 0 Å². The summed E-state index contributed by atoms with van der Waals surface area (Å²) in [7, 11) is 3.70. The molecule has 0 radical (unpaired) electrons. The summed E-state index contributed by atoms with van der Waals surface area (Å²) >= 11 is 6.18. The Hall–Kier alpha value is -3.07. The van der Waals surface area contributed by atoms with Crippen molar-refractivity contribution in [2.45, 2.75) is 44.1 Å². The fourth-order valence-corrected chi connectivity index (χ4v) is 5.13. The highest BCUT2D eigenvalue weighted by atomic mass is 35.5. The lowest BCUT2D eigenvalue weighted by molar-refractivity contribution is 0.0566. The third kappa shape index (κ3) is 4.93. The van der Waals surface area contributed by atoms with Gasteiger partial charge in [0.15, 0.2) is 0 Å². The van der Waals surface area contributed by atoms with E-state index in [1.807, 2.05) is 31.3 Å². The van der Waals surface area contributed by atoms with Crippen molar-refractivity contribution in [2.24, 2.45) is 24.0 Å². The van der Waals surface area contributed by atoms with Crippen molar-refractivity contribution in [3.8, 4) is 0 Å². The molecule has 7 nitrogen and oxygen atoms in total. The van der Waals surface area contributed by atoms with Crippen LogP contribution in [0.15, 0.2) is 52.5 Å². The number of fused-ring (bicyclic) bond motifs is 1. The van der Waals surface area contributed by atoms with Gasteiger partial charge < -0.3 is 14.3 Å². The number of aromatic nitrogens is 3. The van der Waals surface area contributed by atoms with Gasteiger partial charge in [0.1, 0.15) is 23.0 Å². The molecule has 5 rings (SSSR count). The molecule has 0 N–H and O–H groups in total. The summed E-state index contributed by atoms with van der Waals surface area (Å²) in [5, 5.41) is 4.68. The highest BCUT2D eigenvalue weighted by Crippen LogP contribution is 2.48. The van der Waals surface area contributed by atoms with Crippen LogP contribution >= 0.6 is 11.6 Å². The maximum absolute atomic E-state index is 13.2. The number of aryl methyl sites for hydroxylation is 1. The van der Waals surface area contributed by atoms with Gasteiger partial charge in [-0.05, 0) is 49.9 Å². The number of rotatable bonds is 7. The van der Waals surface area contributed by atoms with Gasteiger partial charge >= 0.3 is 0 Å². The lowest BCUT2D eigenvalue weighted by atomic mass is 9.81. The maximum Gasteiger partial charge on any atom is 0.255 e. The van der Waals surface area contributed by atoms with Crippen molar-refractivity contribution in [1.82, 2.24) is 14.5 Å². The molecule has 0 aliphatic heterocycles. The number of oxime groups is 1. The smallest absolute Gasteiger partial charge is 0.255 e. The Morgan fingerprint density at radius 2 is 2.00 bits per heavy atom. The molecule has 1 atom stereocenters. The monoisotopic (exact) mass is 515 g/mol. The van der Waals surface area contributed by atoms with Gasteiger partial charge in [0, 0.05) is 44.7 Å². The van der Waals surface area contributed by atoms with Crippen LogP contribution in [-0.2, 0) is 11.9 Å². The number of pyridine rings is 3. The van der Waals surface area contributed by atoms with Crippen molar-refractivity contribution in [3.63, 3.8) is 0 Å². The Morgan fingerprint density at radius 1 is 1.25 bits per heavy atom. The molecule has 3 heterocycles. The highest BCUT2D eigenvalue weighted by molar-refractivity contribution is 6.29. The minimum atomic E-state index is -2.63. The van der Waals surface area contributed by atoms with Gasteiger partial charge in [-0.1, -0.05) is 22.8 Å². The Bertz CT molecular complexity index is 1340. The third-order valence-electron chi connectivity index (χ3n) is 7.37. The predicted molar refractivity (Wildman–Crippen MR) is 136 cm³/mol. The summed E-state index contributed by atoms with van der Waals surface area (Å²) in [6, 6.07) is 10.9. The topological polar surface area (TPSA) is 72.6 Å². The van der Waals surface area contributed by atoms with E-state index in [9.17, 15) is 13.6 Å². The van der Waals surface area contributed by atoms with Crippen LogP contribution in [0, 0.1) is 11.8 Å².